The first-order valence-corrected chi connectivity index (χ1v) is 6.34. The third-order valence-corrected chi connectivity index (χ3v) is 3.90. The third-order valence-electron chi connectivity index (χ3n) is 3.90. The Hall–Kier alpha value is -1.67. The SMILES string of the molecule is Cc1nnc(NC2(CN)CCCC2)c(C#N)c1C. The van der Waals surface area contributed by atoms with Crippen LogP contribution in [-0.4, -0.2) is 22.3 Å². The van der Waals surface area contributed by atoms with Crippen LogP contribution in [0.2, 0.25) is 0 Å². The first-order valence-electron chi connectivity index (χ1n) is 6.34. The van der Waals surface area contributed by atoms with Crippen LogP contribution in [0.15, 0.2) is 0 Å². The minimum atomic E-state index is -0.109. The van der Waals surface area contributed by atoms with E-state index in [1.807, 2.05) is 13.8 Å². The molecule has 96 valence electrons. The monoisotopic (exact) mass is 245 g/mol. The molecule has 0 radical (unpaired) electrons. The normalized spacial score (nSPS) is 17.4. The summed E-state index contributed by atoms with van der Waals surface area (Å²) in [6, 6.07) is 2.21. The summed E-state index contributed by atoms with van der Waals surface area (Å²) < 4.78 is 0. The number of hydrogen-bond acceptors (Lipinski definition) is 5. The van der Waals surface area contributed by atoms with Crippen LogP contribution in [0.4, 0.5) is 5.82 Å². The lowest BCUT2D eigenvalue weighted by molar-refractivity contribution is 0.490. The van der Waals surface area contributed by atoms with E-state index in [9.17, 15) is 5.26 Å². The molecule has 18 heavy (non-hydrogen) atoms. The van der Waals surface area contributed by atoms with Gasteiger partial charge in [0.1, 0.15) is 11.6 Å². The zero-order chi connectivity index (χ0) is 13.2. The fourth-order valence-corrected chi connectivity index (χ4v) is 2.52. The fourth-order valence-electron chi connectivity index (χ4n) is 2.52. The molecule has 1 saturated carbocycles. The van der Waals surface area contributed by atoms with E-state index >= 15 is 0 Å². The van der Waals surface area contributed by atoms with Crippen LogP contribution in [-0.2, 0) is 0 Å². The van der Waals surface area contributed by atoms with Crippen molar-refractivity contribution in [2.24, 2.45) is 5.73 Å². The largest absolute Gasteiger partial charge is 0.361 e. The lowest BCUT2D eigenvalue weighted by atomic mass is 9.97. The van der Waals surface area contributed by atoms with Gasteiger partial charge in [0, 0.05) is 6.54 Å². The van der Waals surface area contributed by atoms with Gasteiger partial charge in [0.25, 0.3) is 0 Å². The van der Waals surface area contributed by atoms with Gasteiger partial charge in [0.15, 0.2) is 5.82 Å². The number of anilines is 1. The number of nitrogens with two attached hydrogens (primary N) is 1. The van der Waals surface area contributed by atoms with Crippen molar-refractivity contribution in [3.63, 3.8) is 0 Å². The molecule has 0 amide bonds. The van der Waals surface area contributed by atoms with Crippen molar-refractivity contribution in [2.75, 3.05) is 11.9 Å². The number of nitrogens with one attached hydrogen (secondary N) is 1. The van der Waals surface area contributed by atoms with E-state index in [2.05, 4.69) is 21.6 Å². The van der Waals surface area contributed by atoms with Gasteiger partial charge in [-0.25, -0.2) is 0 Å². The zero-order valence-corrected chi connectivity index (χ0v) is 11.0. The number of aryl methyl sites for hydroxylation is 1. The maximum Gasteiger partial charge on any atom is 0.167 e. The number of hydrogen-bond donors (Lipinski definition) is 2. The van der Waals surface area contributed by atoms with Gasteiger partial charge in [-0.15, -0.1) is 5.10 Å². The van der Waals surface area contributed by atoms with Crippen LogP contribution >= 0.6 is 0 Å². The molecule has 1 aliphatic carbocycles. The van der Waals surface area contributed by atoms with Crippen molar-refractivity contribution in [3.8, 4) is 6.07 Å². The maximum absolute atomic E-state index is 9.27. The lowest BCUT2D eigenvalue weighted by Crippen LogP contribution is -2.43. The van der Waals surface area contributed by atoms with Crippen molar-refractivity contribution in [1.82, 2.24) is 10.2 Å². The molecule has 0 bridgehead atoms. The van der Waals surface area contributed by atoms with Crippen LogP contribution in [0, 0.1) is 25.2 Å². The summed E-state index contributed by atoms with van der Waals surface area (Å²) in [5.74, 6) is 0.577. The Morgan fingerprint density at radius 3 is 2.56 bits per heavy atom. The van der Waals surface area contributed by atoms with Crippen molar-refractivity contribution in [1.29, 1.82) is 5.26 Å². The van der Waals surface area contributed by atoms with Crippen LogP contribution in [0.5, 0.6) is 0 Å². The standard InChI is InChI=1S/C13H19N5/c1-9-10(2)17-18-12(11(9)7-14)16-13(8-15)5-3-4-6-13/h3-6,8,15H2,1-2H3,(H,16,18). The molecule has 0 unspecified atom stereocenters. The molecule has 5 nitrogen and oxygen atoms in total. The van der Waals surface area contributed by atoms with E-state index in [1.54, 1.807) is 0 Å². The summed E-state index contributed by atoms with van der Waals surface area (Å²) in [5.41, 5.74) is 8.04. The minimum absolute atomic E-state index is 0.109. The number of nitrogens with zero attached hydrogens (tertiary/aromatic N) is 3. The highest BCUT2D eigenvalue weighted by atomic mass is 15.2. The van der Waals surface area contributed by atoms with Gasteiger partial charge in [-0.1, -0.05) is 12.8 Å². The van der Waals surface area contributed by atoms with E-state index < -0.39 is 0 Å². The second kappa shape index (κ2) is 4.91. The molecule has 0 atom stereocenters. The Balaban J connectivity index is 2.35. The lowest BCUT2D eigenvalue weighted by Gasteiger charge is -2.29. The van der Waals surface area contributed by atoms with E-state index in [0.717, 1.165) is 24.1 Å². The third kappa shape index (κ3) is 2.16. The molecule has 2 rings (SSSR count). The summed E-state index contributed by atoms with van der Waals surface area (Å²) in [4.78, 5) is 0. The summed E-state index contributed by atoms with van der Waals surface area (Å²) >= 11 is 0. The van der Waals surface area contributed by atoms with E-state index in [-0.39, 0.29) is 5.54 Å². The number of nitriles is 1. The Morgan fingerprint density at radius 2 is 2.00 bits per heavy atom. The second-order valence-electron chi connectivity index (χ2n) is 5.06. The predicted molar refractivity (Wildman–Crippen MR) is 70.1 cm³/mol. The summed E-state index contributed by atoms with van der Waals surface area (Å²) in [7, 11) is 0. The van der Waals surface area contributed by atoms with Crippen LogP contribution in [0.25, 0.3) is 0 Å². The summed E-state index contributed by atoms with van der Waals surface area (Å²) in [6.45, 7) is 4.32. The van der Waals surface area contributed by atoms with Gasteiger partial charge in [-0.2, -0.15) is 10.4 Å². The van der Waals surface area contributed by atoms with Gasteiger partial charge >= 0.3 is 0 Å². The second-order valence-corrected chi connectivity index (χ2v) is 5.06. The molecule has 0 saturated heterocycles. The van der Waals surface area contributed by atoms with Crippen LogP contribution in [0.3, 0.4) is 0 Å². The first kappa shape index (κ1) is 12.8. The Morgan fingerprint density at radius 1 is 1.33 bits per heavy atom. The minimum Gasteiger partial charge on any atom is -0.361 e. The smallest absolute Gasteiger partial charge is 0.167 e. The Kier molecular flexibility index (Phi) is 3.48. The van der Waals surface area contributed by atoms with E-state index in [1.165, 1.54) is 12.8 Å². The van der Waals surface area contributed by atoms with Crippen LogP contribution in [0.1, 0.15) is 42.5 Å². The van der Waals surface area contributed by atoms with Gasteiger partial charge in [-0.05, 0) is 32.3 Å². The van der Waals surface area contributed by atoms with Crippen molar-refractivity contribution in [2.45, 2.75) is 45.1 Å². The molecule has 1 aromatic heterocycles. The molecule has 3 N–H and O–H groups in total. The average molecular weight is 245 g/mol. The van der Waals surface area contributed by atoms with Crippen LogP contribution < -0.4 is 11.1 Å². The molecular weight excluding hydrogens is 226 g/mol. The predicted octanol–water partition coefficient (Wildman–Crippen LogP) is 1.65. The molecule has 0 spiro atoms. The van der Waals surface area contributed by atoms with Gasteiger partial charge < -0.3 is 11.1 Å². The Bertz CT molecular complexity index is 483. The summed E-state index contributed by atoms with van der Waals surface area (Å²) in [6.07, 6.45) is 4.40. The van der Waals surface area contributed by atoms with E-state index in [4.69, 9.17) is 5.73 Å². The van der Waals surface area contributed by atoms with Crippen molar-refractivity contribution >= 4 is 5.82 Å². The van der Waals surface area contributed by atoms with Gasteiger partial charge in [0.05, 0.1) is 11.2 Å². The molecule has 5 heteroatoms. The highest BCUT2D eigenvalue weighted by Crippen LogP contribution is 2.33. The quantitative estimate of drug-likeness (QED) is 0.845. The molecule has 1 aliphatic rings. The van der Waals surface area contributed by atoms with Gasteiger partial charge in [0.2, 0.25) is 0 Å². The molecule has 0 aromatic carbocycles. The van der Waals surface area contributed by atoms with Gasteiger partial charge in [-0.3, -0.25) is 0 Å². The molecular formula is C13H19N5. The number of rotatable bonds is 3. The maximum atomic E-state index is 9.27. The first-order chi connectivity index (χ1) is 8.62. The highest BCUT2D eigenvalue weighted by molar-refractivity contribution is 5.57. The fraction of sp³-hybridized carbons (Fsp3) is 0.615. The molecule has 0 aliphatic heterocycles. The molecule has 1 heterocycles. The van der Waals surface area contributed by atoms with Crippen molar-refractivity contribution < 1.29 is 0 Å². The average Bonchev–Trinajstić information content (AvgIpc) is 2.84. The van der Waals surface area contributed by atoms with E-state index in [0.29, 0.717) is 17.9 Å². The number of aromatic nitrogens is 2. The zero-order valence-electron chi connectivity index (χ0n) is 11.0. The van der Waals surface area contributed by atoms with Crippen molar-refractivity contribution in [3.05, 3.63) is 16.8 Å². The molecule has 1 aromatic rings. The highest BCUT2D eigenvalue weighted by Gasteiger charge is 2.33. The Labute approximate surface area is 107 Å². The summed E-state index contributed by atoms with van der Waals surface area (Å²) in [5, 5.41) is 20.9. The topological polar surface area (TPSA) is 87.6 Å². The molecule has 1 fully saturated rings.